The Morgan fingerprint density at radius 1 is 1.04 bits per heavy atom. The van der Waals surface area contributed by atoms with E-state index in [0.717, 1.165) is 0 Å². The lowest BCUT2D eigenvalue weighted by atomic mass is 10.2. The average Bonchev–Trinajstić information content (AvgIpc) is 2.63. The van der Waals surface area contributed by atoms with Crippen molar-refractivity contribution >= 4 is 21.8 Å². The van der Waals surface area contributed by atoms with Gasteiger partial charge in [-0.2, -0.15) is 0 Å². The number of fused-ring (bicyclic) bond motifs is 1. The van der Waals surface area contributed by atoms with Crippen LogP contribution in [-0.4, -0.2) is 31.8 Å². The molecule has 7 heteroatoms. The van der Waals surface area contributed by atoms with E-state index in [1.54, 1.807) is 56.3 Å². The van der Waals surface area contributed by atoms with Gasteiger partial charge in [-0.15, -0.1) is 0 Å². The summed E-state index contributed by atoms with van der Waals surface area (Å²) in [6.07, 6.45) is 1.36. The molecule has 0 radical (unpaired) electrons. The number of hydrogen-bond donors (Lipinski definition) is 0. The molecular weight excluding hydrogens is 354 g/mol. The summed E-state index contributed by atoms with van der Waals surface area (Å²) < 4.78 is 37.3. The summed E-state index contributed by atoms with van der Waals surface area (Å²) in [6.45, 7) is 3.51. The molecule has 0 fully saturated rings. The molecule has 1 aliphatic rings. The summed E-state index contributed by atoms with van der Waals surface area (Å²) in [7, 11) is -2.14. The van der Waals surface area contributed by atoms with Crippen LogP contribution < -0.4 is 4.74 Å². The van der Waals surface area contributed by atoms with Gasteiger partial charge in [0.1, 0.15) is 5.75 Å². The van der Waals surface area contributed by atoms with Crippen molar-refractivity contribution in [3.63, 3.8) is 0 Å². The fourth-order valence-electron chi connectivity index (χ4n) is 2.66. The van der Waals surface area contributed by atoms with Crippen LogP contribution in [0, 0.1) is 0 Å². The first-order chi connectivity index (χ1) is 12.3. The highest BCUT2D eigenvalue weighted by Crippen LogP contribution is 2.34. The van der Waals surface area contributed by atoms with Crippen molar-refractivity contribution in [2.24, 2.45) is 0 Å². The minimum absolute atomic E-state index is 0.119. The number of ether oxygens (including phenoxy) is 2. The summed E-state index contributed by atoms with van der Waals surface area (Å²) in [4.78, 5) is 12.6. The molecule has 0 saturated heterocycles. The summed E-state index contributed by atoms with van der Waals surface area (Å²) in [5.41, 5.74) is 0.708. The third kappa shape index (κ3) is 3.17. The largest absolute Gasteiger partial charge is 0.497 e. The molecule has 3 rings (SSSR count). The van der Waals surface area contributed by atoms with Gasteiger partial charge in [0.15, 0.2) is 5.76 Å². The van der Waals surface area contributed by atoms with Crippen LogP contribution in [0.5, 0.6) is 5.75 Å². The lowest BCUT2D eigenvalue weighted by molar-refractivity contribution is 0.0688. The second-order valence-electron chi connectivity index (χ2n) is 6.04. The van der Waals surface area contributed by atoms with Gasteiger partial charge in [0.05, 0.1) is 23.8 Å². The number of benzene rings is 2. The predicted octanol–water partition coefficient (Wildman–Crippen LogP) is 3.26. The van der Waals surface area contributed by atoms with E-state index in [4.69, 9.17) is 9.47 Å². The van der Waals surface area contributed by atoms with E-state index in [9.17, 15) is 13.2 Å². The van der Waals surface area contributed by atoms with E-state index in [0.29, 0.717) is 16.9 Å². The SMILES string of the molecule is COc1ccc(C(=O)OC2=CN(C(C)C)S(=O)(=O)c3ccccc32)cc1. The molecule has 1 heterocycles. The predicted molar refractivity (Wildman–Crippen MR) is 97.0 cm³/mol. The monoisotopic (exact) mass is 373 g/mol. The summed E-state index contributed by atoms with van der Waals surface area (Å²) in [5, 5.41) is 0. The molecule has 0 unspecified atom stereocenters. The molecule has 1 aliphatic heterocycles. The standard InChI is InChI=1S/C19H19NO5S/c1-13(2)20-12-17(16-6-4-5-7-18(16)26(20,22)23)25-19(21)14-8-10-15(24-3)11-9-14/h4-13H,1-3H3. The van der Waals surface area contributed by atoms with E-state index in [1.165, 1.54) is 23.7 Å². The van der Waals surface area contributed by atoms with Crippen molar-refractivity contribution < 1.29 is 22.7 Å². The van der Waals surface area contributed by atoms with E-state index < -0.39 is 16.0 Å². The van der Waals surface area contributed by atoms with Crippen molar-refractivity contribution in [1.29, 1.82) is 0 Å². The molecule has 0 bridgehead atoms. The zero-order valence-electron chi connectivity index (χ0n) is 14.7. The van der Waals surface area contributed by atoms with Crippen LogP contribution in [0.3, 0.4) is 0 Å². The van der Waals surface area contributed by atoms with Gasteiger partial charge < -0.3 is 9.47 Å². The van der Waals surface area contributed by atoms with Crippen molar-refractivity contribution in [2.45, 2.75) is 24.8 Å². The lowest BCUT2D eigenvalue weighted by Gasteiger charge is -2.30. The second-order valence-corrected chi connectivity index (χ2v) is 7.85. The molecule has 0 atom stereocenters. The Bertz CT molecular complexity index is 962. The first-order valence-electron chi connectivity index (χ1n) is 8.05. The summed E-state index contributed by atoms with van der Waals surface area (Å²) in [5.74, 6) is 0.252. The topological polar surface area (TPSA) is 72.9 Å². The Hall–Kier alpha value is -2.80. The number of nitrogens with zero attached hydrogens (tertiary/aromatic N) is 1. The van der Waals surface area contributed by atoms with E-state index in [1.807, 2.05) is 0 Å². The van der Waals surface area contributed by atoms with Gasteiger partial charge in [0.2, 0.25) is 0 Å². The number of rotatable bonds is 4. The molecule has 0 saturated carbocycles. The van der Waals surface area contributed by atoms with Crippen LogP contribution in [0.1, 0.15) is 29.8 Å². The normalized spacial score (nSPS) is 15.2. The van der Waals surface area contributed by atoms with Crippen LogP contribution >= 0.6 is 0 Å². The first kappa shape index (κ1) is 18.0. The van der Waals surface area contributed by atoms with Gasteiger partial charge in [-0.25, -0.2) is 13.2 Å². The Kier molecular flexibility index (Phi) is 4.73. The minimum atomic E-state index is -3.68. The number of methoxy groups -OCH3 is 1. The number of hydrogen-bond acceptors (Lipinski definition) is 5. The molecule has 136 valence electrons. The fraction of sp³-hybridized carbons (Fsp3) is 0.211. The highest BCUT2D eigenvalue weighted by atomic mass is 32.2. The lowest BCUT2D eigenvalue weighted by Crippen LogP contribution is -2.35. The number of carbonyl (C=O) groups excluding carboxylic acids is 1. The quantitative estimate of drug-likeness (QED) is 0.769. The maximum Gasteiger partial charge on any atom is 0.343 e. The molecule has 0 aromatic heterocycles. The smallest absolute Gasteiger partial charge is 0.343 e. The van der Waals surface area contributed by atoms with Gasteiger partial charge in [0.25, 0.3) is 10.0 Å². The fourth-order valence-corrected chi connectivity index (χ4v) is 4.37. The minimum Gasteiger partial charge on any atom is -0.497 e. The first-order valence-corrected chi connectivity index (χ1v) is 9.49. The zero-order chi connectivity index (χ0) is 18.9. The zero-order valence-corrected chi connectivity index (χ0v) is 15.5. The molecule has 0 N–H and O–H groups in total. The van der Waals surface area contributed by atoms with Gasteiger partial charge in [-0.05, 0) is 50.2 Å². The third-order valence-corrected chi connectivity index (χ3v) is 5.98. The third-order valence-electron chi connectivity index (χ3n) is 3.99. The van der Waals surface area contributed by atoms with Crippen LogP contribution in [0.4, 0.5) is 0 Å². The number of carbonyl (C=O) groups is 1. The Morgan fingerprint density at radius 3 is 2.31 bits per heavy atom. The van der Waals surface area contributed by atoms with Crippen molar-refractivity contribution in [1.82, 2.24) is 4.31 Å². The molecule has 0 amide bonds. The highest BCUT2D eigenvalue weighted by molar-refractivity contribution is 7.89. The summed E-state index contributed by atoms with van der Waals surface area (Å²) >= 11 is 0. The number of sulfonamides is 1. The van der Waals surface area contributed by atoms with E-state index in [-0.39, 0.29) is 16.7 Å². The van der Waals surface area contributed by atoms with Crippen LogP contribution in [-0.2, 0) is 14.8 Å². The maximum absolute atomic E-state index is 12.7. The summed E-state index contributed by atoms with van der Waals surface area (Å²) in [6, 6.07) is 12.7. The Balaban J connectivity index is 1.98. The molecule has 2 aromatic carbocycles. The molecule has 6 nitrogen and oxygen atoms in total. The van der Waals surface area contributed by atoms with Crippen molar-refractivity contribution in [3.05, 3.63) is 65.9 Å². The Labute approximate surface area is 152 Å². The second kappa shape index (κ2) is 6.84. The van der Waals surface area contributed by atoms with Crippen molar-refractivity contribution in [2.75, 3.05) is 7.11 Å². The van der Waals surface area contributed by atoms with Crippen LogP contribution in [0.25, 0.3) is 5.76 Å². The van der Waals surface area contributed by atoms with Gasteiger partial charge in [-0.3, -0.25) is 4.31 Å². The molecule has 0 spiro atoms. The van der Waals surface area contributed by atoms with Gasteiger partial charge in [-0.1, -0.05) is 12.1 Å². The average molecular weight is 373 g/mol. The van der Waals surface area contributed by atoms with Crippen LogP contribution in [0.15, 0.2) is 59.6 Å². The van der Waals surface area contributed by atoms with Crippen LogP contribution in [0.2, 0.25) is 0 Å². The Morgan fingerprint density at radius 2 is 1.69 bits per heavy atom. The van der Waals surface area contributed by atoms with E-state index >= 15 is 0 Å². The maximum atomic E-state index is 12.7. The van der Waals surface area contributed by atoms with E-state index in [2.05, 4.69) is 0 Å². The van der Waals surface area contributed by atoms with Gasteiger partial charge in [0, 0.05) is 11.6 Å². The number of esters is 1. The molecule has 26 heavy (non-hydrogen) atoms. The molecular formula is C19H19NO5S. The van der Waals surface area contributed by atoms with Gasteiger partial charge >= 0.3 is 5.97 Å². The van der Waals surface area contributed by atoms with Crippen molar-refractivity contribution in [3.8, 4) is 5.75 Å². The highest BCUT2D eigenvalue weighted by Gasteiger charge is 2.34. The molecule has 0 aliphatic carbocycles. The molecule has 2 aromatic rings.